The summed E-state index contributed by atoms with van der Waals surface area (Å²) in [5.41, 5.74) is 5.46. The molecule has 0 atom stereocenters. The van der Waals surface area contributed by atoms with Crippen molar-refractivity contribution in [1.82, 2.24) is 5.32 Å². The van der Waals surface area contributed by atoms with Crippen molar-refractivity contribution in [2.24, 2.45) is 5.73 Å². The number of hydrogen-bond donors (Lipinski definition) is 4. The quantitative estimate of drug-likeness (QED) is 0.0358. The van der Waals surface area contributed by atoms with Crippen LogP contribution >= 0.6 is 0 Å². The third kappa shape index (κ3) is 74.7. The highest BCUT2D eigenvalue weighted by Gasteiger charge is 1.98. The second kappa shape index (κ2) is 64.4. The molecule has 0 unspecified atom stereocenters. The van der Waals surface area contributed by atoms with Gasteiger partial charge in [0, 0.05) is 12.8 Å². The average molecular weight is 890 g/mol. The van der Waals surface area contributed by atoms with Crippen molar-refractivity contribution in [3.63, 3.8) is 0 Å². The van der Waals surface area contributed by atoms with Crippen LogP contribution in [0.25, 0.3) is 0 Å². The highest BCUT2D eigenvalue weighted by Crippen LogP contribution is 2.13. The predicted molar refractivity (Wildman–Crippen MR) is 280 cm³/mol. The van der Waals surface area contributed by atoms with E-state index < -0.39 is 11.9 Å². The highest BCUT2D eigenvalue weighted by atomic mass is 16.4. The lowest BCUT2D eigenvalue weighted by molar-refractivity contribution is -0.138. The molecule has 5 N–H and O–H groups in total. The number of aliphatic carboxylic acids is 2. The van der Waals surface area contributed by atoms with E-state index in [4.69, 9.17) is 15.9 Å². The summed E-state index contributed by atoms with van der Waals surface area (Å²) in [6, 6.07) is 0. The second-order valence-electron chi connectivity index (χ2n) is 18.3. The molecule has 6 nitrogen and oxygen atoms in total. The Hall–Kier alpha value is -1.92. The van der Waals surface area contributed by atoms with E-state index in [1.807, 2.05) is 0 Å². The van der Waals surface area contributed by atoms with E-state index in [0.717, 1.165) is 45.2 Å². The van der Waals surface area contributed by atoms with Gasteiger partial charge in [0.2, 0.25) is 0 Å². The molecule has 0 radical (unpaired) electrons. The van der Waals surface area contributed by atoms with Crippen molar-refractivity contribution >= 4 is 11.9 Å². The van der Waals surface area contributed by atoms with Crippen molar-refractivity contribution in [3.8, 4) is 0 Å². The lowest BCUT2D eigenvalue weighted by Gasteiger charge is -2.03. The standard InChI is InChI=1S/C21H44N2.2C18H34O2/c1-2-3-4-5-6-7-8-9-10-11-12-13-14-15-16-17-20-23-21-18-19-22;2*1-2-3-4-5-6-7-8-9-10-11-12-13-14-15-16-17-18(19)20/h9-10,23H,2-8,11-22H2,1H3;2*9-10H,2-8,11-17H2,1H3,(H,19,20)/b10-9+;2*10-9-. The van der Waals surface area contributed by atoms with Crippen LogP contribution in [0.3, 0.4) is 0 Å². The van der Waals surface area contributed by atoms with Crippen LogP contribution in [-0.2, 0) is 9.59 Å². The molecule has 6 heteroatoms. The summed E-state index contributed by atoms with van der Waals surface area (Å²) in [6.45, 7) is 9.86. The van der Waals surface area contributed by atoms with Gasteiger partial charge < -0.3 is 21.3 Å². The highest BCUT2D eigenvalue weighted by molar-refractivity contribution is 5.66. The van der Waals surface area contributed by atoms with Crippen molar-refractivity contribution in [3.05, 3.63) is 36.5 Å². The Morgan fingerprint density at radius 3 is 0.810 bits per heavy atom. The maximum Gasteiger partial charge on any atom is 0.303 e. The number of nitrogens with two attached hydrogens (primary N) is 1. The molecule has 0 amide bonds. The molecule has 0 saturated heterocycles. The Bertz CT molecular complexity index is 883. The minimum absolute atomic E-state index is 0.332. The summed E-state index contributed by atoms with van der Waals surface area (Å²) in [6.07, 6.45) is 67.7. The van der Waals surface area contributed by atoms with E-state index >= 15 is 0 Å². The number of rotatable bonds is 49. The third-order valence-electron chi connectivity index (χ3n) is 11.7. The predicted octanol–water partition coefficient (Wildman–Crippen LogP) is 18.2. The van der Waals surface area contributed by atoms with Gasteiger partial charge in [-0.25, -0.2) is 0 Å². The summed E-state index contributed by atoms with van der Waals surface area (Å²) >= 11 is 0. The van der Waals surface area contributed by atoms with Gasteiger partial charge in [-0.1, -0.05) is 218 Å². The SMILES string of the molecule is CCCCCCCC/C=C/CCCCCCCCNCCCN.CCCCCCCC/C=C\CCCCCCCC(=O)O.CCCCCCCC/C=C\CCCCCCCC(=O)O. The molecule has 0 aromatic rings. The molecule has 0 fully saturated rings. The van der Waals surface area contributed by atoms with Gasteiger partial charge in [0.1, 0.15) is 0 Å². The van der Waals surface area contributed by atoms with Crippen molar-refractivity contribution in [1.29, 1.82) is 0 Å². The fourth-order valence-corrected chi connectivity index (χ4v) is 7.54. The number of nitrogens with one attached hydrogen (secondary N) is 1. The number of carboxylic acid groups (broad SMARTS) is 2. The van der Waals surface area contributed by atoms with Gasteiger partial charge in [-0.3, -0.25) is 9.59 Å². The fraction of sp³-hybridized carbons (Fsp3) is 0.860. The number of allylic oxidation sites excluding steroid dienone is 6. The zero-order chi connectivity index (χ0) is 46.6. The molecule has 0 rings (SSSR count). The third-order valence-corrected chi connectivity index (χ3v) is 11.7. The van der Waals surface area contributed by atoms with Gasteiger partial charge in [0.05, 0.1) is 0 Å². The minimum Gasteiger partial charge on any atom is -0.481 e. The molecule has 0 aliphatic rings. The minimum atomic E-state index is -0.664. The molecular formula is C57H112N2O4. The molecule has 374 valence electrons. The summed E-state index contributed by atoms with van der Waals surface area (Å²) in [4.78, 5) is 20.6. The van der Waals surface area contributed by atoms with Crippen molar-refractivity contribution in [2.75, 3.05) is 19.6 Å². The smallest absolute Gasteiger partial charge is 0.303 e. The van der Waals surface area contributed by atoms with Gasteiger partial charge in [-0.15, -0.1) is 0 Å². The first kappa shape index (κ1) is 65.4. The van der Waals surface area contributed by atoms with E-state index in [1.54, 1.807) is 0 Å². The van der Waals surface area contributed by atoms with Gasteiger partial charge >= 0.3 is 11.9 Å². The van der Waals surface area contributed by atoms with E-state index in [-0.39, 0.29) is 0 Å². The molecule has 0 saturated carbocycles. The Morgan fingerprint density at radius 2 is 0.556 bits per heavy atom. The van der Waals surface area contributed by atoms with Gasteiger partial charge in [-0.05, 0) is 122 Å². The summed E-state index contributed by atoms with van der Waals surface area (Å²) in [5, 5.41) is 20.5. The first-order chi connectivity index (χ1) is 31.0. The Kier molecular flexibility index (Phi) is 66.8. The Morgan fingerprint density at radius 1 is 0.333 bits per heavy atom. The van der Waals surface area contributed by atoms with E-state index in [1.165, 1.54) is 238 Å². The maximum absolute atomic E-state index is 10.3. The largest absolute Gasteiger partial charge is 0.481 e. The van der Waals surface area contributed by atoms with Crippen LogP contribution in [0, 0.1) is 0 Å². The van der Waals surface area contributed by atoms with E-state index in [9.17, 15) is 9.59 Å². The number of unbranched alkanes of at least 4 members (excludes halogenated alkanes) is 34. The van der Waals surface area contributed by atoms with E-state index in [2.05, 4.69) is 62.5 Å². The van der Waals surface area contributed by atoms with Crippen molar-refractivity contribution in [2.45, 2.75) is 297 Å². The zero-order valence-electron chi connectivity index (χ0n) is 42.8. The Balaban J connectivity index is -0.000000860. The normalized spacial score (nSPS) is 11.4. The van der Waals surface area contributed by atoms with Crippen LogP contribution < -0.4 is 11.1 Å². The molecular weight excluding hydrogens is 777 g/mol. The molecule has 0 spiro atoms. The molecule has 0 aromatic heterocycles. The maximum atomic E-state index is 10.3. The summed E-state index contributed by atoms with van der Waals surface area (Å²) < 4.78 is 0. The van der Waals surface area contributed by atoms with Gasteiger partial charge in [0.25, 0.3) is 0 Å². The monoisotopic (exact) mass is 889 g/mol. The van der Waals surface area contributed by atoms with Crippen LogP contribution in [0.1, 0.15) is 297 Å². The topological polar surface area (TPSA) is 113 Å². The van der Waals surface area contributed by atoms with Crippen LogP contribution in [-0.4, -0.2) is 41.8 Å². The van der Waals surface area contributed by atoms with Crippen LogP contribution in [0.2, 0.25) is 0 Å². The zero-order valence-corrected chi connectivity index (χ0v) is 42.8. The fourth-order valence-electron chi connectivity index (χ4n) is 7.54. The first-order valence-electron chi connectivity index (χ1n) is 27.7. The number of carboxylic acids is 2. The molecule has 0 aromatic carbocycles. The summed E-state index contributed by atoms with van der Waals surface area (Å²) in [5.74, 6) is -1.33. The Labute approximate surface area is 394 Å². The average Bonchev–Trinajstić information content (AvgIpc) is 3.27. The second-order valence-corrected chi connectivity index (χ2v) is 18.3. The number of hydrogen-bond acceptors (Lipinski definition) is 4. The van der Waals surface area contributed by atoms with Crippen LogP contribution in [0.15, 0.2) is 36.5 Å². The lowest BCUT2D eigenvalue weighted by Crippen LogP contribution is -2.19. The van der Waals surface area contributed by atoms with Crippen LogP contribution in [0.5, 0.6) is 0 Å². The lowest BCUT2D eigenvalue weighted by atomic mass is 10.1. The molecule has 63 heavy (non-hydrogen) atoms. The van der Waals surface area contributed by atoms with E-state index in [0.29, 0.717) is 12.8 Å². The molecule has 0 aliphatic carbocycles. The molecule has 0 bridgehead atoms. The first-order valence-corrected chi connectivity index (χ1v) is 27.7. The van der Waals surface area contributed by atoms with Crippen molar-refractivity contribution < 1.29 is 19.8 Å². The molecule has 0 aliphatic heterocycles. The number of carbonyl (C=O) groups is 2. The van der Waals surface area contributed by atoms with Gasteiger partial charge in [-0.2, -0.15) is 0 Å². The molecule has 0 heterocycles. The van der Waals surface area contributed by atoms with Crippen LogP contribution in [0.4, 0.5) is 0 Å². The van der Waals surface area contributed by atoms with Gasteiger partial charge in [0.15, 0.2) is 0 Å². The summed E-state index contributed by atoms with van der Waals surface area (Å²) in [7, 11) is 0.